The van der Waals surface area contributed by atoms with Crippen molar-refractivity contribution in [2.24, 2.45) is 0 Å². The number of para-hydroxylation sites is 2. The highest BCUT2D eigenvalue weighted by Crippen LogP contribution is 2.63. The fraction of sp³-hybridized carbons (Fsp3) is 0.0154. The summed E-state index contributed by atoms with van der Waals surface area (Å²) in [5, 5.41) is 12.5. The molecular formula is C65H40N2. The van der Waals surface area contributed by atoms with Crippen LogP contribution in [0.15, 0.2) is 243 Å². The van der Waals surface area contributed by atoms with E-state index in [4.69, 9.17) is 0 Å². The molecule has 13 aromatic rings. The van der Waals surface area contributed by atoms with Crippen LogP contribution in [-0.2, 0) is 5.41 Å². The first-order valence-electron chi connectivity index (χ1n) is 23.3. The Labute approximate surface area is 387 Å². The van der Waals surface area contributed by atoms with Gasteiger partial charge in [-0.2, -0.15) is 0 Å². The minimum absolute atomic E-state index is 0.464. The summed E-state index contributed by atoms with van der Waals surface area (Å²) in [5.74, 6) is 0. The molecule has 0 atom stereocenters. The van der Waals surface area contributed by atoms with Crippen LogP contribution in [0.5, 0.6) is 0 Å². The third-order valence-electron chi connectivity index (χ3n) is 15.1. The second kappa shape index (κ2) is 13.7. The molecule has 0 N–H and O–H groups in total. The Morgan fingerprint density at radius 3 is 1.37 bits per heavy atom. The second-order valence-corrected chi connectivity index (χ2v) is 18.3. The Morgan fingerprint density at radius 2 is 0.731 bits per heavy atom. The van der Waals surface area contributed by atoms with Crippen molar-refractivity contribution in [1.29, 1.82) is 0 Å². The van der Waals surface area contributed by atoms with Crippen molar-refractivity contribution in [3.63, 3.8) is 0 Å². The lowest BCUT2D eigenvalue weighted by atomic mass is 9.70. The summed E-state index contributed by atoms with van der Waals surface area (Å²) < 4.78 is 2.42. The van der Waals surface area contributed by atoms with Crippen molar-refractivity contribution < 1.29 is 0 Å². The Hall–Kier alpha value is -8.72. The molecule has 0 fully saturated rings. The zero-order valence-electron chi connectivity index (χ0n) is 36.5. The third kappa shape index (κ3) is 4.89. The molecule has 0 saturated carbocycles. The summed E-state index contributed by atoms with van der Waals surface area (Å²) in [6.07, 6.45) is 0. The maximum absolute atomic E-state index is 2.52. The van der Waals surface area contributed by atoms with E-state index in [9.17, 15) is 0 Å². The zero-order valence-corrected chi connectivity index (χ0v) is 36.5. The van der Waals surface area contributed by atoms with Crippen LogP contribution in [0.25, 0.3) is 92.8 Å². The number of hydrogen-bond donors (Lipinski definition) is 0. The van der Waals surface area contributed by atoms with Gasteiger partial charge in [-0.3, -0.25) is 0 Å². The minimum atomic E-state index is -0.464. The van der Waals surface area contributed by atoms with E-state index in [2.05, 4.69) is 252 Å². The van der Waals surface area contributed by atoms with Gasteiger partial charge >= 0.3 is 0 Å². The van der Waals surface area contributed by atoms with E-state index < -0.39 is 5.41 Å². The SMILES string of the molecule is c1ccc(-n2c3ccccc3c3c4cc(N(c5ccc6c(c5)C5(c7ccccc7-c7ccccc75)c5ccccc5-6)c5ccc6c7ccccc7c7ccccc7c6c5)ccc4ccc32)cc1. The van der Waals surface area contributed by atoms with Crippen LogP contribution in [0.4, 0.5) is 17.1 Å². The monoisotopic (exact) mass is 848 g/mol. The number of anilines is 3. The molecule has 12 aromatic carbocycles. The second-order valence-electron chi connectivity index (χ2n) is 18.3. The van der Waals surface area contributed by atoms with Crippen LogP contribution in [0, 0.1) is 0 Å². The van der Waals surface area contributed by atoms with Crippen molar-refractivity contribution in [3.05, 3.63) is 265 Å². The largest absolute Gasteiger partial charge is 0.310 e. The number of benzene rings is 12. The Morgan fingerprint density at radius 1 is 0.284 bits per heavy atom. The predicted octanol–water partition coefficient (Wildman–Crippen LogP) is 17.2. The summed E-state index contributed by atoms with van der Waals surface area (Å²) >= 11 is 0. The van der Waals surface area contributed by atoms with Gasteiger partial charge in [-0.1, -0.05) is 182 Å². The molecule has 2 aliphatic carbocycles. The first-order valence-corrected chi connectivity index (χ1v) is 23.3. The Kier molecular flexibility index (Phi) is 7.46. The molecule has 0 radical (unpaired) electrons. The van der Waals surface area contributed by atoms with Crippen molar-refractivity contribution in [3.8, 4) is 27.9 Å². The average molecular weight is 849 g/mol. The Balaban J connectivity index is 1.04. The minimum Gasteiger partial charge on any atom is -0.310 e. The van der Waals surface area contributed by atoms with Gasteiger partial charge in [0.15, 0.2) is 0 Å². The van der Waals surface area contributed by atoms with Crippen LogP contribution >= 0.6 is 0 Å². The number of nitrogens with zero attached hydrogens (tertiary/aromatic N) is 2. The summed E-state index contributed by atoms with van der Waals surface area (Å²) in [6, 6.07) is 90.8. The van der Waals surface area contributed by atoms with E-state index in [0.29, 0.717) is 0 Å². The standard InChI is InChI=1S/C65H40N2/c1-2-16-42(17-3-1)67-62-29-15-11-25-55(62)64-56-38-43(32-30-41(56)31-37-63(64)67)66(44-33-35-50-48-20-5-4-18-46(48)47-19-6-7-21-49(47)57(50)39-44)45-34-36-54-53-24-10-14-28-60(53)65(61(54)40-45)58-26-12-8-22-51(58)52-23-9-13-27-59(52)65/h1-40H. The fourth-order valence-electron chi connectivity index (χ4n) is 12.5. The molecule has 0 unspecified atom stereocenters. The highest BCUT2D eigenvalue weighted by atomic mass is 15.1. The summed E-state index contributed by atoms with van der Waals surface area (Å²) in [5.41, 5.74) is 17.0. The predicted molar refractivity (Wildman–Crippen MR) is 282 cm³/mol. The van der Waals surface area contributed by atoms with Gasteiger partial charge in [-0.25, -0.2) is 0 Å². The molecule has 1 aromatic heterocycles. The van der Waals surface area contributed by atoms with Gasteiger partial charge in [-0.15, -0.1) is 0 Å². The first-order chi connectivity index (χ1) is 33.3. The molecular weight excluding hydrogens is 809 g/mol. The number of fused-ring (bicyclic) bond motifs is 21. The van der Waals surface area contributed by atoms with Gasteiger partial charge in [0.25, 0.3) is 0 Å². The van der Waals surface area contributed by atoms with Gasteiger partial charge < -0.3 is 9.47 Å². The van der Waals surface area contributed by atoms with Crippen LogP contribution in [0.3, 0.4) is 0 Å². The molecule has 67 heavy (non-hydrogen) atoms. The van der Waals surface area contributed by atoms with Gasteiger partial charge in [0.05, 0.1) is 16.4 Å². The van der Waals surface area contributed by atoms with Gasteiger partial charge in [0, 0.05) is 33.5 Å². The van der Waals surface area contributed by atoms with Crippen molar-refractivity contribution in [1.82, 2.24) is 4.57 Å². The van der Waals surface area contributed by atoms with Crippen LogP contribution < -0.4 is 4.90 Å². The lowest BCUT2D eigenvalue weighted by molar-refractivity contribution is 0.793. The molecule has 2 aliphatic rings. The van der Waals surface area contributed by atoms with E-state index in [0.717, 1.165) is 22.7 Å². The maximum Gasteiger partial charge on any atom is 0.0726 e. The van der Waals surface area contributed by atoms with E-state index in [1.807, 2.05) is 0 Å². The van der Waals surface area contributed by atoms with E-state index in [1.165, 1.54) is 109 Å². The molecule has 1 heterocycles. The first kappa shape index (κ1) is 36.6. The molecule has 2 heteroatoms. The van der Waals surface area contributed by atoms with Gasteiger partial charge in [0.1, 0.15) is 0 Å². The third-order valence-corrected chi connectivity index (χ3v) is 15.1. The van der Waals surface area contributed by atoms with Crippen molar-refractivity contribution in [2.45, 2.75) is 5.41 Å². The van der Waals surface area contributed by atoms with Crippen LogP contribution in [0.1, 0.15) is 22.3 Å². The average Bonchev–Trinajstić information content (AvgIpc) is 4.01. The number of rotatable bonds is 4. The lowest BCUT2D eigenvalue weighted by Crippen LogP contribution is -2.26. The normalized spacial score (nSPS) is 13.2. The van der Waals surface area contributed by atoms with Crippen molar-refractivity contribution >= 4 is 82.0 Å². The highest BCUT2D eigenvalue weighted by Gasteiger charge is 2.51. The lowest BCUT2D eigenvalue weighted by Gasteiger charge is -2.32. The maximum atomic E-state index is 2.52. The zero-order chi connectivity index (χ0) is 43.8. The quantitative estimate of drug-likeness (QED) is 0.160. The molecule has 15 rings (SSSR count). The van der Waals surface area contributed by atoms with E-state index >= 15 is 0 Å². The molecule has 0 bridgehead atoms. The van der Waals surface area contributed by atoms with Gasteiger partial charge in [-0.05, 0) is 148 Å². The Bertz CT molecular complexity index is 4130. The fourth-order valence-corrected chi connectivity index (χ4v) is 12.5. The molecule has 0 saturated heterocycles. The van der Waals surface area contributed by atoms with Crippen LogP contribution in [-0.4, -0.2) is 4.57 Å². The molecule has 310 valence electrons. The smallest absolute Gasteiger partial charge is 0.0726 e. The van der Waals surface area contributed by atoms with Crippen molar-refractivity contribution in [2.75, 3.05) is 4.90 Å². The summed E-state index contributed by atoms with van der Waals surface area (Å²) in [4.78, 5) is 2.52. The molecule has 0 aliphatic heterocycles. The van der Waals surface area contributed by atoms with Crippen LogP contribution in [0.2, 0.25) is 0 Å². The van der Waals surface area contributed by atoms with Gasteiger partial charge in [0.2, 0.25) is 0 Å². The number of aromatic nitrogens is 1. The van der Waals surface area contributed by atoms with E-state index in [1.54, 1.807) is 0 Å². The highest BCUT2D eigenvalue weighted by molar-refractivity contribution is 6.26. The summed E-state index contributed by atoms with van der Waals surface area (Å²) in [6.45, 7) is 0. The topological polar surface area (TPSA) is 8.17 Å². The molecule has 1 spiro atoms. The summed E-state index contributed by atoms with van der Waals surface area (Å²) in [7, 11) is 0. The number of hydrogen-bond acceptors (Lipinski definition) is 1. The van der Waals surface area contributed by atoms with E-state index in [-0.39, 0.29) is 0 Å². The molecule has 2 nitrogen and oxygen atoms in total. The molecule has 0 amide bonds.